The number of H-pyrrole nitrogens is 1. The molecule has 0 saturated carbocycles. The van der Waals surface area contributed by atoms with Crippen molar-refractivity contribution in [3.8, 4) is 11.8 Å². The van der Waals surface area contributed by atoms with Crippen molar-refractivity contribution in [3.63, 3.8) is 0 Å². The van der Waals surface area contributed by atoms with Gasteiger partial charge in [0.05, 0.1) is 0 Å². The smallest absolute Gasteiger partial charge is 0.321 e. The first-order valence-corrected chi connectivity index (χ1v) is 13.1. The number of carboxylic acids is 1. The Hall–Kier alpha value is -3.84. The summed E-state index contributed by atoms with van der Waals surface area (Å²) in [7, 11) is -3.84. The van der Waals surface area contributed by atoms with E-state index in [1.54, 1.807) is 0 Å². The Morgan fingerprint density at radius 3 is 2.28 bits per heavy atom. The second-order valence-corrected chi connectivity index (χ2v) is 10.5. The molecule has 1 fully saturated rings. The van der Waals surface area contributed by atoms with E-state index in [2.05, 4.69) is 50.7 Å². The minimum Gasteiger partial charge on any atom is -0.480 e. The van der Waals surface area contributed by atoms with E-state index < -0.39 is 22.2 Å². The number of nitrogens with zero attached hydrogens (tertiary/aromatic N) is 2. The van der Waals surface area contributed by atoms with Crippen LogP contribution in [0.1, 0.15) is 18.1 Å². The molecule has 5 rings (SSSR count). The molecule has 3 N–H and O–H groups in total. The fourth-order valence-corrected chi connectivity index (χ4v) is 5.70. The van der Waals surface area contributed by atoms with E-state index in [0.29, 0.717) is 13.1 Å². The number of hydrogen-bond acceptors (Lipinski definition) is 4. The maximum Gasteiger partial charge on any atom is 0.321 e. The second kappa shape index (κ2) is 9.66. The van der Waals surface area contributed by atoms with Gasteiger partial charge < -0.3 is 15.0 Å². The SMILES string of the molecule is CC(NS(=O)(=O)N1CCN(c2ccc(C#Cc3ccc4[nH]c5ccccc5c4c3)cc2)CC1)C(=O)O. The Kier molecular flexibility index (Phi) is 6.41. The Balaban J connectivity index is 1.24. The van der Waals surface area contributed by atoms with E-state index in [9.17, 15) is 13.2 Å². The lowest BCUT2D eigenvalue weighted by molar-refractivity contribution is -0.138. The van der Waals surface area contributed by atoms with Gasteiger partial charge in [-0.1, -0.05) is 30.0 Å². The van der Waals surface area contributed by atoms with Gasteiger partial charge in [-0.25, -0.2) is 0 Å². The molecule has 2 heterocycles. The molecular weight excluding hydrogens is 476 g/mol. The van der Waals surface area contributed by atoms with Gasteiger partial charge in [-0.3, -0.25) is 4.79 Å². The van der Waals surface area contributed by atoms with Gasteiger partial charge in [-0.2, -0.15) is 17.4 Å². The van der Waals surface area contributed by atoms with E-state index >= 15 is 0 Å². The van der Waals surface area contributed by atoms with Gasteiger partial charge in [0, 0.05) is 64.8 Å². The van der Waals surface area contributed by atoms with Crippen LogP contribution in [0.2, 0.25) is 0 Å². The highest BCUT2D eigenvalue weighted by Gasteiger charge is 2.29. The van der Waals surface area contributed by atoms with Crippen LogP contribution in [0.25, 0.3) is 21.8 Å². The maximum absolute atomic E-state index is 12.4. The summed E-state index contributed by atoms with van der Waals surface area (Å²) in [5.74, 6) is 5.27. The zero-order valence-corrected chi connectivity index (χ0v) is 20.5. The van der Waals surface area contributed by atoms with Crippen LogP contribution in [0.5, 0.6) is 0 Å². The maximum atomic E-state index is 12.4. The number of aromatic amines is 1. The number of benzene rings is 3. The molecule has 184 valence electrons. The van der Waals surface area contributed by atoms with Crippen molar-refractivity contribution in [1.82, 2.24) is 14.0 Å². The first kappa shape index (κ1) is 23.9. The molecule has 36 heavy (non-hydrogen) atoms. The van der Waals surface area contributed by atoms with Crippen LogP contribution >= 0.6 is 0 Å². The summed E-state index contributed by atoms with van der Waals surface area (Å²) in [4.78, 5) is 16.5. The third kappa shape index (κ3) is 4.93. The van der Waals surface area contributed by atoms with Gasteiger partial charge in [0.15, 0.2) is 0 Å². The number of carboxylic acid groups (broad SMARTS) is 1. The Morgan fingerprint density at radius 2 is 1.56 bits per heavy atom. The number of piperazine rings is 1. The minimum absolute atomic E-state index is 0.277. The normalized spacial score (nSPS) is 15.5. The number of carbonyl (C=O) groups is 1. The summed E-state index contributed by atoms with van der Waals surface area (Å²) in [5.41, 5.74) is 5.03. The number of fused-ring (bicyclic) bond motifs is 3. The number of para-hydroxylation sites is 1. The van der Waals surface area contributed by atoms with Gasteiger partial charge in [-0.15, -0.1) is 0 Å². The van der Waals surface area contributed by atoms with Crippen LogP contribution < -0.4 is 9.62 Å². The molecule has 0 spiro atoms. The monoisotopic (exact) mass is 502 g/mol. The second-order valence-electron chi connectivity index (χ2n) is 8.80. The molecule has 4 aromatic rings. The lowest BCUT2D eigenvalue weighted by Gasteiger charge is -2.35. The highest BCUT2D eigenvalue weighted by Crippen LogP contribution is 2.26. The summed E-state index contributed by atoms with van der Waals surface area (Å²) in [6.07, 6.45) is 0. The zero-order chi connectivity index (χ0) is 25.3. The van der Waals surface area contributed by atoms with Crippen molar-refractivity contribution in [3.05, 3.63) is 77.9 Å². The molecule has 0 bridgehead atoms. The van der Waals surface area contributed by atoms with Crippen molar-refractivity contribution >= 4 is 43.7 Å². The van der Waals surface area contributed by atoms with Crippen LogP contribution in [0.15, 0.2) is 66.7 Å². The predicted octanol–water partition coefficient (Wildman–Crippen LogP) is 3.15. The largest absolute Gasteiger partial charge is 0.480 e. The molecule has 0 aliphatic carbocycles. The quantitative estimate of drug-likeness (QED) is 0.364. The van der Waals surface area contributed by atoms with Gasteiger partial charge in [-0.05, 0) is 55.5 Å². The summed E-state index contributed by atoms with van der Waals surface area (Å²) in [6.45, 7) is 2.89. The summed E-state index contributed by atoms with van der Waals surface area (Å²) in [6, 6.07) is 21.1. The van der Waals surface area contributed by atoms with Crippen LogP contribution in [0.3, 0.4) is 0 Å². The van der Waals surface area contributed by atoms with E-state index in [1.165, 1.54) is 16.6 Å². The van der Waals surface area contributed by atoms with Gasteiger partial charge in [0.2, 0.25) is 0 Å². The molecule has 1 atom stereocenters. The van der Waals surface area contributed by atoms with Gasteiger partial charge in [0.1, 0.15) is 6.04 Å². The third-order valence-corrected chi connectivity index (χ3v) is 8.06. The van der Waals surface area contributed by atoms with Crippen molar-refractivity contribution in [2.75, 3.05) is 31.1 Å². The minimum atomic E-state index is -3.84. The van der Waals surface area contributed by atoms with Crippen molar-refractivity contribution in [2.45, 2.75) is 13.0 Å². The molecule has 1 aliphatic rings. The highest BCUT2D eigenvalue weighted by atomic mass is 32.2. The number of hydrogen-bond donors (Lipinski definition) is 3. The van der Waals surface area contributed by atoms with Crippen molar-refractivity contribution < 1.29 is 18.3 Å². The first-order valence-electron chi connectivity index (χ1n) is 11.7. The predicted molar refractivity (Wildman–Crippen MR) is 141 cm³/mol. The lowest BCUT2D eigenvalue weighted by Crippen LogP contribution is -2.54. The van der Waals surface area contributed by atoms with E-state index in [-0.39, 0.29) is 13.1 Å². The van der Waals surface area contributed by atoms with E-state index in [0.717, 1.165) is 33.2 Å². The van der Waals surface area contributed by atoms with Crippen LogP contribution in [-0.4, -0.2) is 61.0 Å². The van der Waals surface area contributed by atoms with E-state index in [4.69, 9.17) is 5.11 Å². The van der Waals surface area contributed by atoms with Gasteiger partial charge >= 0.3 is 5.97 Å². The zero-order valence-electron chi connectivity index (χ0n) is 19.7. The summed E-state index contributed by atoms with van der Waals surface area (Å²) < 4.78 is 28.3. The third-order valence-electron chi connectivity index (χ3n) is 6.36. The van der Waals surface area contributed by atoms with Gasteiger partial charge in [0.25, 0.3) is 10.2 Å². The molecule has 1 saturated heterocycles. The summed E-state index contributed by atoms with van der Waals surface area (Å²) >= 11 is 0. The van der Waals surface area contributed by atoms with Crippen molar-refractivity contribution in [1.29, 1.82) is 0 Å². The number of anilines is 1. The first-order chi connectivity index (χ1) is 17.3. The summed E-state index contributed by atoms with van der Waals surface area (Å²) in [5, 5.41) is 11.3. The number of aliphatic carboxylic acids is 1. The number of aromatic nitrogens is 1. The highest BCUT2D eigenvalue weighted by molar-refractivity contribution is 7.87. The number of rotatable bonds is 5. The Bertz CT molecular complexity index is 1590. The van der Waals surface area contributed by atoms with E-state index in [1.807, 2.05) is 42.5 Å². The van der Waals surface area contributed by atoms with Crippen LogP contribution in [0.4, 0.5) is 5.69 Å². The molecule has 9 heteroatoms. The standard InChI is InChI=1S/C27H26N4O4S/c1-19(27(32)33)29-36(34,35)31-16-14-30(15-17-31)22-11-8-20(9-12-22)6-7-21-10-13-26-24(18-21)23-4-2-3-5-25(23)28-26/h2-5,8-13,18-19,28-29H,14-17H2,1H3,(H,32,33). The lowest BCUT2D eigenvalue weighted by atomic mass is 10.1. The molecule has 3 aromatic carbocycles. The molecular formula is C27H26N4O4S. The molecule has 0 amide bonds. The average Bonchev–Trinajstić information content (AvgIpc) is 3.25. The Labute approximate surface area is 209 Å². The Morgan fingerprint density at radius 1 is 0.917 bits per heavy atom. The molecule has 1 aromatic heterocycles. The topological polar surface area (TPSA) is 106 Å². The number of nitrogens with one attached hydrogen (secondary N) is 2. The van der Waals surface area contributed by atoms with Crippen LogP contribution in [-0.2, 0) is 15.0 Å². The molecule has 0 radical (unpaired) electrons. The molecule has 1 unspecified atom stereocenters. The van der Waals surface area contributed by atoms with Crippen LogP contribution in [0, 0.1) is 11.8 Å². The average molecular weight is 503 g/mol. The fraction of sp³-hybridized carbons (Fsp3) is 0.222. The fourth-order valence-electron chi connectivity index (χ4n) is 4.36. The molecule has 8 nitrogen and oxygen atoms in total. The van der Waals surface area contributed by atoms with Crippen molar-refractivity contribution in [2.24, 2.45) is 0 Å². The molecule has 1 aliphatic heterocycles.